The van der Waals surface area contributed by atoms with Gasteiger partial charge in [0, 0.05) is 5.56 Å². The molecule has 2 rings (SSSR count). The lowest BCUT2D eigenvalue weighted by Crippen LogP contribution is -2.03. The molecule has 2 N–H and O–H groups in total. The molecule has 0 amide bonds. The third-order valence-electron chi connectivity index (χ3n) is 2.54. The van der Waals surface area contributed by atoms with E-state index in [1.165, 1.54) is 6.07 Å². The van der Waals surface area contributed by atoms with Gasteiger partial charge in [-0.2, -0.15) is 0 Å². The van der Waals surface area contributed by atoms with E-state index >= 15 is 0 Å². The molecule has 0 unspecified atom stereocenters. The lowest BCUT2D eigenvalue weighted by atomic mass is 10.1. The van der Waals surface area contributed by atoms with Gasteiger partial charge in [0.1, 0.15) is 5.69 Å². The SMILES string of the molecule is Nc1c(F)cc2c(c1[N+](=O)[O-])CCC2. The first-order valence-electron chi connectivity index (χ1n) is 4.35. The largest absolute Gasteiger partial charge is 0.391 e. The number of nitrogens with two attached hydrogens (primary N) is 1. The number of fused-ring (bicyclic) bond motifs is 1. The van der Waals surface area contributed by atoms with Crippen molar-refractivity contribution in [3.05, 3.63) is 33.1 Å². The molecular formula is C9H9FN2O2. The van der Waals surface area contributed by atoms with Crippen LogP contribution in [0.1, 0.15) is 17.5 Å². The van der Waals surface area contributed by atoms with Crippen LogP contribution in [0.25, 0.3) is 0 Å². The molecule has 14 heavy (non-hydrogen) atoms. The van der Waals surface area contributed by atoms with Crippen molar-refractivity contribution in [2.75, 3.05) is 5.73 Å². The number of nitrogens with zero attached hydrogens (tertiary/aromatic N) is 1. The summed E-state index contributed by atoms with van der Waals surface area (Å²) in [6.45, 7) is 0. The van der Waals surface area contributed by atoms with Crippen LogP contribution in [-0.2, 0) is 12.8 Å². The zero-order valence-electron chi connectivity index (χ0n) is 7.42. The molecule has 4 nitrogen and oxygen atoms in total. The van der Waals surface area contributed by atoms with Gasteiger partial charge < -0.3 is 5.73 Å². The Balaban J connectivity index is 2.72. The number of anilines is 1. The third kappa shape index (κ3) is 1.13. The number of halogens is 1. The van der Waals surface area contributed by atoms with Gasteiger partial charge in [-0.15, -0.1) is 0 Å². The number of hydrogen-bond donors (Lipinski definition) is 1. The van der Waals surface area contributed by atoms with Crippen LogP contribution in [0.3, 0.4) is 0 Å². The molecule has 1 aliphatic carbocycles. The van der Waals surface area contributed by atoms with Crippen molar-refractivity contribution in [1.29, 1.82) is 0 Å². The number of rotatable bonds is 1. The zero-order valence-corrected chi connectivity index (χ0v) is 7.42. The van der Waals surface area contributed by atoms with E-state index in [2.05, 4.69) is 0 Å². The average molecular weight is 196 g/mol. The van der Waals surface area contributed by atoms with Crippen LogP contribution >= 0.6 is 0 Å². The summed E-state index contributed by atoms with van der Waals surface area (Å²) >= 11 is 0. The first-order valence-corrected chi connectivity index (χ1v) is 4.35. The highest BCUT2D eigenvalue weighted by atomic mass is 19.1. The molecule has 1 aliphatic rings. The zero-order chi connectivity index (χ0) is 10.3. The fourth-order valence-electron chi connectivity index (χ4n) is 1.91. The van der Waals surface area contributed by atoms with Gasteiger partial charge in [-0.3, -0.25) is 10.1 Å². The van der Waals surface area contributed by atoms with Gasteiger partial charge in [-0.1, -0.05) is 0 Å². The average Bonchev–Trinajstić information content (AvgIpc) is 2.52. The van der Waals surface area contributed by atoms with E-state index in [0.717, 1.165) is 12.0 Å². The van der Waals surface area contributed by atoms with Gasteiger partial charge in [0.05, 0.1) is 4.92 Å². The van der Waals surface area contributed by atoms with Gasteiger partial charge in [0.25, 0.3) is 5.69 Å². The number of hydrogen-bond acceptors (Lipinski definition) is 3. The number of nitrogen functional groups attached to an aromatic ring is 1. The van der Waals surface area contributed by atoms with Gasteiger partial charge in [0.15, 0.2) is 5.82 Å². The molecule has 0 spiro atoms. The summed E-state index contributed by atoms with van der Waals surface area (Å²) in [5.74, 6) is -0.683. The predicted octanol–water partition coefficient (Wildman–Crippen LogP) is 1.80. The quantitative estimate of drug-likeness (QED) is 0.423. The van der Waals surface area contributed by atoms with Crippen molar-refractivity contribution in [3.63, 3.8) is 0 Å². The number of benzene rings is 1. The minimum Gasteiger partial charge on any atom is -0.391 e. The van der Waals surface area contributed by atoms with E-state index in [-0.39, 0.29) is 11.4 Å². The Morgan fingerprint density at radius 3 is 2.86 bits per heavy atom. The number of nitro groups is 1. The van der Waals surface area contributed by atoms with E-state index in [1.807, 2.05) is 0 Å². The summed E-state index contributed by atoms with van der Waals surface area (Å²) in [4.78, 5) is 10.1. The Bertz CT molecular complexity index is 418. The molecular weight excluding hydrogens is 187 g/mol. The highest BCUT2D eigenvalue weighted by Crippen LogP contribution is 2.36. The molecule has 74 valence electrons. The van der Waals surface area contributed by atoms with Crippen LogP contribution in [0.2, 0.25) is 0 Å². The standard InChI is InChI=1S/C9H9FN2O2/c10-7-4-5-2-1-3-6(5)9(8(7)11)12(13)14/h4H,1-3,11H2. The molecule has 0 bridgehead atoms. The van der Waals surface area contributed by atoms with Gasteiger partial charge >= 0.3 is 0 Å². The van der Waals surface area contributed by atoms with Crippen molar-refractivity contribution in [2.24, 2.45) is 0 Å². The summed E-state index contributed by atoms with van der Waals surface area (Å²) in [5, 5.41) is 10.7. The lowest BCUT2D eigenvalue weighted by Gasteiger charge is -2.04. The molecule has 1 aromatic rings. The molecule has 0 saturated heterocycles. The third-order valence-corrected chi connectivity index (χ3v) is 2.54. The second kappa shape index (κ2) is 2.94. The monoisotopic (exact) mass is 196 g/mol. The maximum absolute atomic E-state index is 13.2. The maximum atomic E-state index is 13.2. The van der Waals surface area contributed by atoms with Crippen molar-refractivity contribution in [2.45, 2.75) is 19.3 Å². The molecule has 0 aliphatic heterocycles. The Hall–Kier alpha value is -1.65. The molecule has 0 radical (unpaired) electrons. The minimum atomic E-state index is -0.683. The topological polar surface area (TPSA) is 69.2 Å². The van der Waals surface area contributed by atoms with Crippen LogP contribution in [0, 0.1) is 15.9 Å². The lowest BCUT2D eigenvalue weighted by molar-refractivity contribution is -0.384. The fraction of sp³-hybridized carbons (Fsp3) is 0.333. The fourth-order valence-corrected chi connectivity index (χ4v) is 1.91. The Morgan fingerprint density at radius 2 is 2.21 bits per heavy atom. The van der Waals surface area contributed by atoms with Crippen molar-refractivity contribution < 1.29 is 9.31 Å². The van der Waals surface area contributed by atoms with Crippen LogP contribution in [0.5, 0.6) is 0 Å². The molecule has 0 aromatic heterocycles. The van der Waals surface area contributed by atoms with E-state index in [1.54, 1.807) is 0 Å². The molecule has 0 heterocycles. The molecule has 0 atom stereocenters. The Kier molecular flexibility index (Phi) is 1.87. The summed E-state index contributed by atoms with van der Waals surface area (Å²) in [7, 11) is 0. The van der Waals surface area contributed by atoms with Crippen molar-refractivity contribution in [1.82, 2.24) is 0 Å². The highest BCUT2D eigenvalue weighted by Gasteiger charge is 2.27. The maximum Gasteiger partial charge on any atom is 0.298 e. The first kappa shape index (κ1) is 8.93. The smallest absolute Gasteiger partial charge is 0.298 e. The normalized spacial score (nSPS) is 14.1. The van der Waals surface area contributed by atoms with Crippen LogP contribution in [0.15, 0.2) is 6.07 Å². The first-order chi connectivity index (χ1) is 6.61. The van der Waals surface area contributed by atoms with E-state index < -0.39 is 10.7 Å². The summed E-state index contributed by atoms with van der Waals surface area (Å²) in [6.07, 6.45) is 2.16. The minimum absolute atomic E-state index is 0.238. The summed E-state index contributed by atoms with van der Waals surface area (Å²) in [6, 6.07) is 1.31. The van der Waals surface area contributed by atoms with E-state index in [9.17, 15) is 14.5 Å². The van der Waals surface area contributed by atoms with Crippen LogP contribution in [0.4, 0.5) is 15.8 Å². The van der Waals surface area contributed by atoms with Gasteiger partial charge in [0.2, 0.25) is 0 Å². The molecule has 0 saturated carbocycles. The number of nitro benzene ring substituents is 1. The van der Waals surface area contributed by atoms with Crippen molar-refractivity contribution in [3.8, 4) is 0 Å². The van der Waals surface area contributed by atoms with E-state index in [0.29, 0.717) is 18.4 Å². The van der Waals surface area contributed by atoms with Gasteiger partial charge in [-0.25, -0.2) is 4.39 Å². The second-order valence-corrected chi connectivity index (χ2v) is 3.37. The molecule has 5 heteroatoms. The summed E-state index contributed by atoms with van der Waals surface area (Å²) < 4.78 is 13.2. The molecule has 0 fully saturated rings. The van der Waals surface area contributed by atoms with Crippen LogP contribution in [-0.4, -0.2) is 4.92 Å². The van der Waals surface area contributed by atoms with Crippen LogP contribution < -0.4 is 5.73 Å². The second-order valence-electron chi connectivity index (χ2n) is 3.37. The summed E-state index contributed by atoms with van der Waals surface area (Å²) in [5.41, 5.74) is 6.09. The van der Waals surface area contributed by atoms with Gasteiger partial charge in [-0.05, 0) is 30.9 Å². The van der Waals surface area contributed by atoms with Crippen molar-refractivity contribution >= 4 is 11.4 Å². The van der Waals surface area contributed by atoms with E-state index in [4.69, 9.17) is 5.73 Å². The highest BCUT2D eigenvalue weighted by molar-refractivity contribution is 5.66. The molecule has 1 aromatic carbocycles. The predicted molar refractivity (Wildman–Crippen MR) is 49.5 cm³/mol. The Morgan fingerprint density at radius 1 is 1.50 bits per heavy atom. The Labute approximate surface area is 79.7 Å². The number of aryl methyl sites for hydroxylation is 1.